The van der Waals surface area contributed by atoms with Gasteiger partial charge in [0.05, 0.1) is 36.3 Å². The maximum absolute atomic E-state index is 13.8. The van der Waals surface area contributed by atoms with Gasteiger partial charge in [-0.25, -0.2) is 27.1 Å². The Kier molecular flexibility index (Phi) is 25.3. The van der Waals surface area contributed by atoms with Crippen LogP contribution in [0.4, 0.5) is 10.3 Å². The molecule has 336 valence electrons. The molecule has 0 saturated heterocycles. The highest BCUT2D eigenvalue weighted by molar-refractivity contribution is 7.92. The molecule has 4 N–H and O–H groups in total. The SMILES string of the molecule is CCC=CCC=CCC=CCC=CCC=CCCCC(=O)NCCN(C)CCNC(=O)C[C@H](O)C[C@H](O)C=Cc1c(-c2ccc(F)cc2)nc(N(C)S(C)(=O)=O)nc1C(C)C. The fourth-order valence-corrected chi connectivity index (χ4v) is 6.23. The van der Waals surface area contributed by atoms with Crippen LogP contribution in [0, 0.1) is 5.82 Å². The van der Waals surface area contributed by atoms with E-state index in [0.717, 1.165) is 55.5 Å². The number of rotatable bonds is 29. The Bertz CT molecular complexity index is 1910. The van der Waals surface area contributed by atoms with Crippen LogP contribution < -0.4 is 14.9 Å². The van der Waals surface area contributed by atoms with E-state index in [1.165, 1.54) is 37.4 Å². The summed E-state index contributed by atoms with van der Waals surface area (Å²) in [4.78, 5) is 35.8. The van der Waals surface area contributed by atoms with Gasteiger partial charge in [-0.05, 0) is 82.2 Å². The zero-order valence-corrected chi connectivity index (χ0v) is 37.8. The second-order valence-corrected chi connectivity index (χ2v) is 17.2. The van der Waals surface area contributed by atoms with Gasteiger partial charge in [0.15, 0.2) is 0 Å². The van der Waals surface area contributed by atoms with Crippen LogP contribution in [-0.2, 0) is 19.6 Å². The summed E-state index contributed by atoms with van der Waals surface area (Å²) in [7, 11) is -0.446. The number of benzene rings is 1. The molecule has 0 aliphatic rings. The highest BCUT2D eigenvalue weighted by atomic mass is 32.2. The molecule has 61 heavy (non-hydrogen) atoms. The van der Waals surface area contributed by atoms with Crippen molar-refractivity contribution in [3.8, 4) is 11.3 Å². The Morgan fingerprint density at radius 1 is 0.820 bits per heavy atom. The number of amides is 2. The number of unbranched alkanes of at least 4 members (excludes halogenated alkanes) is 1. The first kappa shape index (κ1) is 52.4. The predicted octanol–water partition coefficient (Wildman–Crippen LogP) is 7.40. The molecule has 0 fully saturated rings. The summed E-state index contributed by atoms with van der Waals surface area (Å²) in [6, 6.07) is 5.59. The number of nitrogens with zero attached hydrogens (tertiary/aromatic N) is 4. The number of halogens is 1. The van der Waals surface area contributed by atoms with Crippen molar-refractivity contribution < 1.29 is 32.6 Å². The largest absolute Gasteiger partial charge is 0.392 e. The fourth-order valence-electron chi connectivity index (χ4n) is 5.85. The van der Waals surface area contributed by atoms with Gasteiger partial charge in [0, 0.05) is 57.2 Å². The standard InChI is InChI=1S/C47H69FN6O6S/c1-7-8-9-10-11-12-13-14-15-16-17-18-19-20-21-22-23-24-43(57)49-31-33-53(4)34-32-50-44(58)36-41(56)35-40(55)29-30-42-45(37(2)3)51-47(54(5)61(6,59)60)52-46(42)38-25-27-39(48)28-26-38/h8-9,11-12,14-15,17-18,20-21,25-30,37,40-41,55-56H,7,10,13,16,19,22-24,31-36H2,1-6H3,(H,49,57)(H,50,58)/t40-,41-/m1/s1. The molecule has 14 heteroatoms. The van der Waals surface area contributed by atoms with Gasteiger partial charge in [-0.3, -0.25) is 9.59 Å². The van der Waals surface area contributed by atoms with E-state index in [0.29, 0.717) is 55.1 Å². The minimum Gasteiger partial charge on any atom is -0.392 e. The topological polar surface area (TPSA) is 165 Å². The van der Waals surface area contributed by atoms with E-state index >= 15 is 0 Å². The molecule has 0 bridgehead atoms. The number of aliphatic hydroxyl groups excluding tert-OH is 2. The van der Waals surface area contributed by atoms with Crippen LogP contribution in [0.25, 0.3) is 17.3 Å². The number of likely N-dealkylation sites (N-methyl/N-ethyl adjacent to an activating group) is 1. The van der Waals surface area contributed by atoms with Crippen LogP contribution in [0.15, 0.2) is 91.1 Å². The molecule has 1 aromatic heterocycles. The average Bonchev–Trinajstić information content (AvgIpc) is 3.20. The number of hydrogen-bond donors (Lipinski definition) is 4. The van der Waals surface area contributed by atoms with Gasteiger partial charge in [-0.1, -0.05) is 93.7 Å². The van der Waals surface area contributed by atoms with Crippen molar-refractivity contribution in [3.05, 3.63) is 108 Å². The van der Waals surface area contributed by atoms with Gasteiger partial charge < -0.3 is 25.7 Å². The molecule has 0 unspecified atom stereocenters. The first-order valence-corrected chi connectivity index (χ1v) is 23.1. The molecular weight excluding hydrogens is 796 g/mol. The normalized spacial score (nSPS) is 13.6. The number of aliphatic hydroxyl groups is 2. The number of nitrogens with one attached hydrogen (secondary N) is 2. The monoisotopic (exact) mass is 864 g/mol. The van der Waals surface area contributed by atoms with Gasteiger partial charge in [-0.15, -0.1) is 0 Å². The summed E-state index contributed by atoms with van der Waals surface area (Å²) in [5.41, 5.74) is 1.86. The lowest BCUT2D eigenvalue weighted by atomic mass is 9.97. The van der Waals surface area contributed by atoms with Crippen molar-refractivity contribution in [1.82, 2.24) is 25.5 Å². The van der Waals surface area contributed by atoms with Crippen LogP contribution in [0.2, 0.25) is 0 Å². The number of anilines is 1. The summed E-state index contributed by atoms with van der Waals surface area (Å²) in [6.07, 6.45) is 30.1. The van der Waals surface area contributed by atoms with Crippen LogP contribution in [0.3, 0.4) is 0 Å². The maximum atomic E-state index is 13.8. The van der Waals surface area contributed by atoms with E-state index in [1.54, 1.807) is 6.08 Å². The summed E-state index contributed by atoms with van der Waals surface area (Å²) in [5, 5.41) is 27.1. The average molecular weight is 865 g/mol. The van der Waals surface area contributed by atoms with Crippen molar-refractivity contribution in [1.29, 1.82) is 0 Å². The maximum Gasteiger partial charge on any atom is 0.239 e. The predicted molar refractivity (Wildman–Crippen MR) is 247 cm³/mol. The van der Waals surface area contributed by atoms with Crippen LogP contribution in [-0.4, -0.2) is 104 Å². The lowest BCUT2D eigenvalue weighted by Gasteiger charge is -2.20. The van der Waals surface area contributed by atoms with E-state index in [9.17, 15) is 32.6 Å². The molecule has 0 radical (unpaired) electrons. The summed E-state index contributed by atoms with van der Waals surface area (Å²) in [6.45, 7) is 7.89. The van der Waals surface area contributed by atoms with Gasteiger partial charge >= 0.3 is 0 Å². The second kappa shape index (κ2) is 29.5. The van der Waals surface area contributed by atoms with E-state index < -0.39 is 28.0 Å². The van der Waals surface area contributed by atoms with Crippen LogP contribution in [0.5, 0.6) is 0 Å². The molecule has 0 spiro atoms. The zero-order chi connectivity index (χ0) is 45.0. The molecule has 1 heterocycles. The highest BCUT2D eigenvalue weighted by Gasteiger charge is 2.23. The van der Waals surface area contributed by atoms with Crippen molar-refractivity contribution in [3.63, 3.8) is 0 Å². The van der Waals surface area contributed by atoms with Crippen molar-refractivity contribution in [2.75, 3.05) is 50.8 Å². The van der Waals surface area contributed by atoms with Crippen molar-refractivity contribution >= 4 is 33.9 Å². The Labute approximate surface area is 364 Å². The Morgan fingerprint density at radius 3 is 1.90 bits per heavy atom. The number of hydrogen-bond acceptors (Lipinski definition) is 9. The van der Waals surface area contributed by atoms with E-state index in [-0.39, 0.29) is 36.5 Å². The summed E-state index contributed by atoms with van der Waals surface area (Å²) in [5.74, 6) is -1.04. The molecule has 0 aliphatic carbocycles. The van der Waals surface area contributed by atoms with Crippen LogP contribution >= 0.6 is 0 Å². The fraction of sp³-hybridized carbons (Fsp3) is 0.489. The molecule has 2 rings (SSSR count). The zero-order valence-electron chi connectivity index (χ0n) is 37.0. The minimum absolute atomic E-state index is 0.0115. The lowest BCUT2D eigenvalue weighted by molar-refractivity contribution is -0.123. The molecule has 0 saturated carbocycles. The Balaban J connectivity index is 1.70. The van der Waals surface area contributed by atoms with Crippen LogP contribution in [0.1, 0.15) is 102 Å². The van der Waals surface area contributed by atoms with E-state index in [4.69, 9.17) is 0 Å². The number of carbonyl (C=O) groups excluding carboxylic acids is 2. The third-order valence-electron chi connectivity index (χ3n) is 9.39. The van der Waals surface area contributed by atoms with E-state index in [1.807, 2.05) is 25.8 Å². The lowest BCUT2D eigenvalue weighted by Crippen LogP contribution is -2.38. The number of carbonyl (C=O) groups is 2. The number of allylic oxidation sites excluding steroid dienone is 10. The highest BCUT2D eigenvalue weighted by Crippen LogP contribution is 2.32. The number of aromatic nitrogens is 2. The first-order chi connectivity index (χ1) is 29.1. The Hall–Kier alpha value is -4.76. The second-order valence-electron chi connectivity index (χ2n) is 15.2. The first-order valence-electron chi connectivity index (χ1n) is 21.2. The smallest absolute Gasteiger partial charge is 0.239 e. The van der Waals surface area contributed by atoms with Gasteiger partial charge in [0.1, 0.15) is 5.82 Å². The molecule has 2 atom stereocenters. The molecule has 0 aliphatic heterocycles. The molecule has 1 aromatic carbocycles. The van der Waals surface area contributed by atoms with Gasteiger partial charge in [-0.2, -0.15) is 0 Å². The summed E-state index contributed by atoms with van der Waals surface area (Å²) >= 11 is 0. The molecular formula is C47H69FN6O6S. The van der Waals surface area contributed by atoms with Crippen molar-refractivity contribution in [2.24, 2.45) is 0 Å². The van der Waals surface area contributed by atoms with E-state index in [2.05, 4.69) is 88.3 Å². The molecule has 2 aromatic rings. The quantitative estimate of drug-likeness (QED) is 0.0482. The third kappa shape index (κ3) is 22.6. The third-order valence-corrected chi connectivity index (χ3v) is 10.5. The summed E-state index contributed by atoms with van der Waals surface area (Å²) < 4.78 is 39.4. The van der Waals surface area contributed by atoms with Gasteiger partial charge in [0.2, 0.25) is 27.8 Å². The minimum atomic E-state index is -3.69. The Morgan fingerprint density at radius 2 is 1.36 bits per heavy atom. The molecule has 12 nitrogen and oxygen atoms in total. The van der Waals surface area contributed by atoms with Gasteiger partial charge in [0.25, 0.3) is 0 Å². The molecule has 2 amide bonds. The number of sulfonamides is 1. The van der Waals surface area contributed by atoms with Crippen molar-refractivity contribution in [2.45, 2.75) is 103 Å².